The molecule has 3 N–H and O–H groups in total. The Labute approximate surface area is 90.7 Å². The van der Waals surface area contributed by atoms with Gasteiger partial charge in [-0.15, -0.1) is 0 Å². The average molecular weight is 210 g/mol. The molecule has 0 bridgehead atoms. The molecule has 1 rings (SSSR count). The fraction of sp³-hybridized carbons (Fsp3) is 0.500. The third-order valence-electron chi connectivity index (χ3n) is 2.81. The second-order valence-corrected chi connectivity index (χ2v) is 4.44. The van der Waals surface area contributed by atoms with E-state index in [-0.39, 0.29) is 17.3 Å². The Kier molecular flexibility index (Phi) is 3.83. The Bertz CT molecular complexity index is 323. The lowest BCUT2D eigenvalue weighted by atomic mass is 9.80. The van der Waals surface area contributed by atoms with Crippen LogP contribution < -0.4 is 11.1 Å². The molecular weight excluding hydrogens is 191 g/mol. The van der Waals surface area contributed by atoms with Crippen molar-refractivity contribution in [3.05, 3.63) is 35.6 Å². The number of nitrogens with one attached hydrogen (secondary N) is 1. The minimum atomic E-state index is -0.182. The van der Waals surface area contributed by atoms with Gasteiger partial charge in [0, 0.05) is 11.6 Å². The van der Waals surface area contributed by atoms with E-state index in [2.05, 4.69) is 5.32 Å². The molecule has 0 aromatic heterocycles. The Morgan fingerprint density at radius 2 is 2.00 bits per heavy atom. The summed E-state index contributed by atoms with van der Waals surface area (Å²) in [6.07, 6.45) is 0. The molecule has 0 saturated carbocycles. The summed E-state index contributed by atoms with van der Waals surface area (Å²) in [5.74, 6) is -0.182. The molecule has 0 aliphatic carbocycles. The SMILES string of the molecule is CNC(c1ccccc1F)C(C)(C)CN. The second kappa shape index (κ2) is 4.73. The molecule has 1 aromatic carbocycles. The van der Waals surface area contributed by atoms with Crippen molar-refractivity contribution in [3.8, 4) is 0 Å². The standard InChI is InChI=1S/C12H19FN2/c1-12(2,8-14)11(15-3)9-6-4-5-7-10(9)13/h4-7,11,15H,8,14H2,1-3H3. The Morgan fingerprint density at radius 3 is 2.47 bits per heavy atom. The molecule has 0 amide bonds. The highest BCUT2D eigenvalue weighted by Gasteiger charge is 2.29. The second-order valence-electron chi connectivity index (χ2n) is 4.44. The molecular formula is C12H19FN2. The van der Waals surface area contributed by atoms with Gasteiger partial charge in [-0.1, -0.05) is 32.0 Å². The van der Waals surface area contributed by atoms with E-state index in [9.17, 15) is 4.39 Å². The molecule has 2 nitrogen and oxygen atoms in total. The van der Waals surface area contributed by atoms with E-state index < -0.39 is 0 Å². The molecule has 0 saturated heterocycles. The van der Waals surface area contributed by atoms with Crippen molar-refractivity contribution >= 4 is 0 Å². The third kappa shape index (κ3) is 2.55. The Morgan fingerprint density at radius 1 is 1.40 bits per heavy atom. The molecule has 15 heavy (non-hydrogen) atoms. The number of benzene rings is 1. The van der Waals surface area contributed by atoms with Crippen molar-refractivity contribution in [2.45, 2.75) is 19.9 Å². The predicted molar refractivity (Wildman–Crippen MR) is 61.0 cm³/mol. The van der Waals surface area contributed by atoms with Gasteiger partial charge in [0.05, 0.1) is 0 Å². The van der Waals surface area contributed by atoms with Crippen LogP contribution in [-0.4, -0.2) is 13.6 Å². The Balaban J connectivity index is 3.08. The van der Waals surface area contributed by atoms with Crippen LogP contribution in [0.15, 0.2) is 24.3 Å². The molecule has 0 fully saturated rings. The first kappa shape index (κ1) is 12.1. The van der Waals surface area contributed by atoms with E-state index in [0.717, 1.165) is 0 Å². The summed E-state index contributed by atoms with van der Waals surface area (Å²) < 4.78 is 13.6. The maximum Gasteiger partial charge on any atom is 0.127 e. The van der Waals surface area contributed by atoms with Gasteiger partial charge >= 0.3 is 0 Å². The van der Waals surface area contributed by atoms with Crippen LogP contribution in [0.2, 0.25) is 0 Å². The summed E-state index contributed by atoms with van der Waals surface area (Å²) >= 11 is 0. The maximum absolute atomic E-state index is 13.6. The highest BCUT2D eigenvalue weighted by atomic mass is 19.1. The van der Waals surface area contributed by atoms with Crippen molar-refractivity contribution < 1.29 is 4.39 Å². The van der Waals surface area contributed by atoms with Crippen molar-refractivity contribution in [2.24, 2.45) is 11.1 Å². The molecule has 0 spiro atoms. The normalized spacial score (nSPS) is 13.9. The summed E-state index contributed by atoms with van der Waals surface area (Å²) in [5, 5.41) is 3.13. The molecule has 84 valence electrons. The number of hydrogen-bond donors (Lipinski definition) is 2. The zero-order valence-electron chi connectivity index (χ0n) is 9.55. The van der Waals surface area contributed by atoms with Gasteiger partial charge in [-0.2, -0.15) is 0 Å². The van der Waals surface area contributed by atoms with Crippen molar-refractivity contribution in [2.75, 3.05) is 13.6 Å². The van der Waals surface area contributed by atoms with Crippen molar-refractivity contribution in [3.63, 3.8) is 0 Å². The lowest BCUT2D eigenvalue weighted by Gasteiger charge is -2.33. The molecule has 0 aliphatic rings. The average Bonchev–Trinajstić information content (AvgIpc) is 2.21. The van der Waals surface area contributed by atoms with Gasteiger partial charge in [-0.3, -0.25) is 0 Å². The van der Waals surface area contributed by atoms with E-state index >= 15 is 0 Å². The highest BCUT2D eigenvalue weighted by Crippen LogP contribution is 2.33. The molecule has 1 unspecified atom stereocenters. The molecule has 1 atom stereocenters. The van der Waals surface area contributed by atoms with Gasteiger partial charge < -0.3 is 11.1 Å². The van der Waals surface area contributed by atoms with Crippen LogP contribution in [0.1, 0.15) is 25.5 Å². The topological polar surface area (TPSA) is 38.0 Å². The van der Waals surface area contributed by atoms with Gasteiger partial charge in [0.25, 0.3) is 0 Å². The first-order valence-electron chi connectivity index (χ1n) is 5.14. The molecule has 1 aromatic rings. The highest BCUT2D eigenvalue weighted by molar-refractivity contribution is 5.23. The van der Waals surface area contributed by atoms with E-state index in [0.29, 0.717) is 12.1 Å². The third-order valence-corrected chi connectivity index (χ3v) is 2.81. The van der Waals surface area contributed by atoms with Gasteiger partial charge in [0.1, 0.15) is 5.82 Å². The summed E-state index contributed by atoms with van der Waals surface area (Å²) in [6, 6.07) is 6.75. The van der Waals surface area contributed by atoms with Gasteiger partial charge in [-0.05, 0) is 25.1 Å². The van der Waals surface area contributed by atoms with Crippen LogP contribution in [0.25, 0.3) is 0 Å². The van der Waals surface area contributed by atoms with Gasteiger partial charge in [0.2, 0.25) is 0 Å². The van der Waals surface area contributed by atoms with Crippen LogP contribution in [-0.2, 0) is 0 Å². The summed E-state index contributed by atoms with van der Waals surface area (Å²) in [7, 11) is 1.83. The number of hydrogen-bond acceptors (Lipinski definition) is 2. The number of halogens is 1. The van der Waals surface area contributed by atoms with E-state index in [4.69, 9.17) is 5.73 Å². The summed E-state index contributed by atoms with van der Waals surface area (Å²) in [4.78, 5) is 0. The van der Waals surface area contributed by atoms with Crippen LogP contribution in [0.4, 0.5) is 4.39 Å². The quantitative estimate of drug-likeness (QED) is 0.798. The minimum absolute atomic E-state index is 0.0660. The Hall–Kier alpha value is -0.930. The lowest BCUT2D eigenvalue weighted by molar-refractivity contribution is 0.260. The number of rotatable bonds is 4. The molecule has 3 heteroatoms. The number of nitrogens with two attached hydrogens (primary N) is 1. The van der Waals surface area contributed by atoms with Crippen molar-refractivity contribution in [1.82, 2.24) is 5.32 Å². The molecule has 0 heterocycles. The minimum Gasteiger partial charge on any atom is -0.330 e. The largest absolute Gasteiger partial charge is 0.330 e. The smallest absolute Gasteiger partial charge is 0.127 e. The van der Waals surface area contributed by atoms with E-state index in [1.807, 2.05) is 27.0 Å². The van der Waals surface area contributed by atoms with Gasteiger partial charge in [-0.25, -0.2) is 4.39 Å². The predicted octanol–water partition coefficient (Wildman–Crippen LogP) is 2.07. The van der Waals surface area contributed by atoms with Crippen LogP contribution in [0.5, 0.6) is 0 Å². The first-order valence-corrected chi connectivity index (χ1v) is 5.14. The fourth-order valence-electron chi connectivity index (χ4n) is 1.79. The van der Waals surface area contributed by atoms with Crippen molar-refractivity contribution in [1.29, 1.82) is 0 Å². The monoisotopic (exact) mass is 210 g/mol. The lowest BCUT2D eigenvalue weighted by Crippen LogP contribution is -2.38. The fourth-order valence-corrected chi connectivity index (χ4v) is 1.79. The zero-order chi connectivity index (χ0) is 11.5. The van der Waals surface area contributed by atoms with Crippen LogP contribution >= 0.6 is 0 Å². The summed E-state index contributed by atoms with van der Waals surface area (Å²) in [5.41, 5.74) is 6.21. The summed E-state index contributed by atoms with van der Waals surface area (Å²) in [6.45, 7) is 4.56. The van der Waals surface area contributed by atoms with Crippen LogP contribution in [0.3, 0.4) is 0 Å². The zero-order valence-corrected chi connectivity index (χ0v) is 9.55. The molecule has 0 radical (unpaired) electrons. The van der Waals surface area contributed by atoms with Gasteiger partial charge in [0.15, 0.2) is 0 Å². The maximum atomic E-state index is 13.6. The van der Waals surface area contributed by atoms with E-state index in [1.165, 1.54) is 6.07 Å². The van der Waals surface area contributed by atoms with E-state index in [1.54, 1.807) is 12.1 Å². The van der Waals surface area contributed by atoms with Crippen LogP contribution in [0, 0.1) is 11.2 Å². The molecule has 0 aliphatic heterocycles. The first-order chi connectivity index (χ1) is 7.03.